The summed E-state index contributed by atoms with van der Waals surface area (Å²) in [6.07, 6.45) is -4.65. The topological polar surface area (TPSA) is 73.2 Å². The summed E-state index contributed by atoms with van der Waals surface area (Å²) >= 11 is 0. The Bertz CT molecular complexity index is 1060. The van der Waals surface area contributed by atoms with Gasteiger partial charge in [0.15, 0.2) is 0 Å². The van der Waals surface area contributed by atoms with Crippen LogP contribution in [0.4, 0.5) is 13.2 Å². The number of para-hydroxylation sites is 2. The van der Waals surface area contributed by atoms with E-state index in [2.05, 4.69) is 9.71 Å². The third-order valence-electron chi connectivity index (χ3n) is 3.98. The number of alkyl halides is 3. The van der Waals surface area contributed by atoms with Crippen LogP contribution >= 0.6 is 0 Å². The second-order valence-corrected chi connectivity index (χ2v) is 7.64. The van der Waals surface area contributed by atoms with Crippen molar-refractivity contribution in [3.05, 3.63) is 54.4 Å². The first kappa shape index (κ1) is 20.2. The molecule has 1 heterocycles. The lowest BCUT2D eigenvalue weighted by Gasteiger charge is -2.12. The van der Waals surface area contributed by atoms with Crippen LogP contribution in [0.5, 0.6) is 5.75 Å². The predicted molar refractivity (Wildman–Crippen MR) is 97.5 cm³/mol. The van der Waals surface area contributed by atoms with Gasteiger partial charge >= 0.3 is 6.18 Å². The number of sulfonamides is 1. The van der Waals surface area contributed by atoms with Gasteiger partial charge in [0.05, 0.1) is 22.5 Å². The Morgan fingerprint density at radius 1 is 1.11 bits per heavy atom. The molecule has 2 aromatic carbocycles. The summed E-state index contributed by atoms with van der Waals surface area (Å²) in [7, 11) is -3.87. The van der Waals surface area contributed by atoms with Crippen molar-refractivity contribution in [3.8, 4) is 5.75 Å². The van der Waals surface area contributed by atoms with Gasteiger partial charge in [-0.15, -0.1) is 0 Å². The molecule has 0 radical (unpaired) electrons. The molecule has 0 fully saturated rings. The molecule has 1 aromatic heterocycles. The highest BCUT2D eigenvalue weighted by atomic mass is 32.2. The number of nitrogens with zero attached hydrogens (tertiary/aromatic N) is 2. The van der Waals surface area contributed by atoms with Crippen LogP contribution in [0.15, 0.2) is 53.4 Å². The zero-order valence-electron chi connectivity index (χ0n) is 14.9. The Morgan fingerprint density at radius 3 is 2.43 bits per heavy atom. The number of halogens is 3. The molecule has 28 heavy (non-hydrogen) atoms. The molecule has 0 atom stereocenters. The smallest absolute Gasteiger partial charge is 0.449 e. The van der Waals surface area contributed by atoms with E-state index in [0.29, 0.717) is 12.4 Å². The monoisotopic (exact) mass is 413 g/mol. The fraction of sp³-hybridized carbons (Fsp3) is 0.278. The molecular formula is C18H18F3N3O3S. The summed E-state index contributed by atoms with van der Waals surface area (Å²) in [5, 5.41) is 0. The van der Waals surface area contributed by atoms with E-state index >= 15 is 0 Å². The van der Waals surface area contributed by atoms with Crippen molar-refractivity contribution in [2.24, 2.45) is 0 Å². The van der Waals surface area contributed by atoms with Gasteiger partial charge < -0.3 is 9.30 Å². The van der Waals surface area contributed by atoms with Gasteiger partial charge in [-0.1, -0.05) is 12.1 Å². The van der Waals surface area contributed by atoms with Gasteiger partial charge in [0.2, 0.25) is 15.8 Å². The SMILES string of the molecule is CCOc1ccc(S(=O)(=O)NCCn2c(C(F)(F)F)nc3ccccc32)cc1. The van der Waals surface area contributed by atoms with Crippen LogP contribution < -0.4 is 9.46 Å². The van der Waals surface area contributed by atoms with Gasteiger partial charge in [0.25, 0.3) is 0 Å². The Hall–Kier alpha value is -2.59. The average molecular weight is 413 g/mol. The van der Waals surface area contributed by atoms with Crippen LogP contribution in [-0.2, 0) is 22.7 Å². The third-order valence-corrected chi connectivity index (χ3v) is 5.46. The van der Waals surface area contributed by atoms with E-state index in [1.165, 1.54) is 36.4 Å². The largest absolute Gasteiger partial charge is 0.494 e. The van der Waals surface area contributed by atoms with Crippen molar-refractivity contribution in [3.63, 3.8) is 0 Å². The van der Waals surface area contributed by atoms with Crippen LogP contribution in [0.3, 0.4) is 0 Å². The van der Waals surface area contributed by atoms with Gasteiger partial charge in [-0.3, -0.25) is 0 Å². The lowest BCUT2D eigenvalue weighted by molar-refractivity contribution is -0.146. The van der Waals surface area contributed by atoms with Gasteiger partial charge in [0, 0.05) is 13.1 Å². The van der Waals surface area contributed by atoms with Crippen molar-refractivity contribution in [1.29, 1.82) is 0 Å². The summed E-state index contributed by atoms with van der Waals surface area (Å²) in [6, 6.07) is 12.0. The van der Waals surface area contributed by atoms with E-state index in [1.54, 1.807) is 19.1 Å². The van der Waals surface area contributed by atoms with Crippen LogP contribution in [0.2, 0.25) is 0 Å². The zero-order chi connectivity index (χ0) is 20.4. The molecule has 6 nitrogen and oxygen atoms in total. The molecule has 0 bridgehead atoms. The number of hydrogen-bond acceptors (Lipinski definition) is 4. The lowest BCUT2D eigenvalue weighted by Crippen LogP contribution is -2.28. The average Bonchev–Trinajstić information content (AvgIpc) is 3.02. The van der Waals surface area contributed by atoms with Gasteiger partial charge in [-0.2, -0.15) is 13.2 Å². The summed E-state index contributed by atoms with van der Waals surface area (Å²) in [6.45, 7) is 1.82. The maximum atomic E-state index is 13.3. The van der Waals surface area contributed by atoms with E-state index in [1.807, 2.05) is 0 Å². The van der Waals surface area contributed by atoms with E-state index in [0.717, 1.165) is 4.57 Å². The molecular weight excluding hydrogens is 395 g/mol. The number of ether oxygens (including phenoxy) is 1. The van der Waals surface area contributed by atoms with Gasteiger partial charge in [-0.05, 0) is 43.3 Å². The normalized spacial score (nSPS) is 12.4. The van der Waals surface area contributed by atoms with Crippen molar-refractivity contribution >= 4 is 21.1 Å². The number of benzene rings is 2. The minimum atomic E-state index is -4.65. The molecule has 0 spiro atoms. The fourth-order valence-corrected chi connectivity index (χ4v) is 3.80. The van der Waals surface area contributed by atoms with Gasteiger partial charge in [-0.25, -0.2) is 18.1 Å². The third kappa shape index (κ3) is 4.28. The zero-order valence-corrected chi connectivity index (χ0v) is 15.7. The molecule has 3 rings (SSSR count). The van der Waals surface area contributed by atoms with Gasteiger partial charge in [0.1, 0.15) is 5.75 Å². The molecule has 150 valence electrons. The molecule has 1 N–H and O–H groups in total. The first-order valence-electron chi connectivity index (χ1n) is 8.47. The van der Waals surface area contributed by atoms with Crippen molar-refractivity contribution < 1.29 is 26.3 Å². The molecule has 3 aromatic rings. The van der Waals surface area contributed by atoms with Crippen molar-refractivity contribution in [1.82, 2.24) is 14.3 Å². The van der Waals surface area contributed by atoms with Crippen molar-refractivity contribution in [2.45, 2.75) is 24.5 Å². The first-order valence-corrected chi connectivity index (χ1v) is 9.95. The Balaban J connectivity index is 1.77. The number of imidazole rings is 1. The first-order chi connectivity index (χ1) is 13.2. The Kier molecular flexibility index (Phi) is 5.61. The van der Waals surface area contributed by atoms with E-state index in [4.69, 9.17) is 4.74 Å². The number of rotatable bonds is 7. The van der Waals surface area contributed by atoms with Crippen LogP contribution in [0, 0.1) is 0 Å². The predicted octanol–water partition coefficient (Wildman–Crippen LogP) is 3.43. The summed E-state index contributed by atoms with van der Waals surface area (Å²) in [5.41, 5.74) is 0.485. The minimum Gasteiger partial charge on any atom is -0.494 e. The number of aromatic nitrogens is 2. The van der Waals surface area contributed by atoms with Crippen LogP contribution in [0.1, 0.15) is 12.7 Å². The minimum absolute atomic E-state index is 0.00230. The second-order valence-electron chi connectivity index (χ2n) is 5.88. The van der Waals surface area contributed by atoms with Crippen LogP contribution in [-0.4, -0.2) is 31.1 Å². The molecule has 0 aliphatic heterocycles. The maximum Gasteiger partial charge on any atom is 0.449 e. The number of hydrogen-bond donors (Lipinski definition) is 1. The van der Waals surface area contributed by atoms with Crippen LogP contribution in [0.25, 0.3) is 11.0 Å². The highest BCUT2D eigenvalue weighted by Gasteiger charge is 2.37. The Labute approximate surface area is 160 Å². The number of nitrogens with one attached hydrogen (secondary N) is 1. The molecule has 0 saturated heterocycles. The van der Waals surface area contributed by atoms with E-state index in [-0.39, 0.29) is 29.0 Å². The van der Waals surface area contributed by atoms with E-state index in [9.17, 15) is 21.6 Å². The highest BCUT2D eigenvalue weighted by Crippen LogP contribution is 2.31. The highest BCUT2D eigenvalue weighted by molar-refractivity contribution is 7.89. The number of fused-ring (bicyclic) bond motifs is 1. The van der Waals surface area contributed by atoms with Crippen molar-refractivity contribution in [2.75, 3.05) is 13.2 Å². The second kappa shape index (κ2) is 7.80. The standard InChI is InChI=1S/C18H18F3N3O3S/c1-2-27-13-7-9-14(10-8-13)28(25,26)22-11-12-24-16-6-4-3-5-15(16)23-17(24)18(19,20)21/h3-10,22H,2,11-12H2,1H3. The quantitative estimate of drug-likeness (QED) is 0.644. The maximum absolute atomic E-state index is 13.3. The lowest BCUT2D eigenvalue weighted by atomic mass is 10.3. The molecule has 10 heteroatoms. The summed E-state index contributed by atoms with van der Waals surface area (Å²) in [5.74, 6) is -0.532. The molecule has 0 aliphatic rings. The molecule has 0 aliphatic carbocycles. The molecule has 0 saturated carbocycles. The molecule has 0 amide bonds. The summed E-state index contributed by atoms with van der Waals surface area (Å²) in [4.78, 5) is 3.63. The Morgan fingerprint density at radius 2 is 1.79 bits per heavy atom. The summed E-state index contributed by atoms with van der Waals surface area (Å²) < 4.78 is 73.1. The van der Waals surface area contributed by atoms with E-state index < -0.39 is 22.0 Å². The fourth-order valence-electron chi connectivity index (χ4n) is 2.78. The molecule has 0 unspecified atom stereocenters.